The van der Waals surface area contributed by atoms with Crippen LogP contribution in [-0.2, 0) is 6.42 Å². The van der Waals surface area contributed by atoms with Crippen molar-refractivity contribution >= 4 is 15.8 Å². The zero-order chi connectivity index (χ0) is 10.4. The Kier molecular flexibility index (Phi) is 1.70. The number of hydrogen-bond donors (Lipinski definition) is 1. The molecule has 1 aromatic heterocycles. The summed E-state index contributed by atoms with van der Waals surface area (Å²) in [6.07, 6.45) is 0.888. The molecule has 1 atom stereocenters. The molecule has 0 spiro atoms. The highest BCUT2D eigenvalue weighted by Gasteiger charge is 2.28. The first-order valence-corrected chi connectivity index (χ1v) is 6.07. The number of thiophene rings is 1. The molecule has 15 heavy (non-hydrogen) atoms. The summed E-state index contributed by atoms with van der Waals surface area (Å²) in [5.41, 5.74) is 4.84. The summed E-state index contributed by atoms with van der Waals surface area (Å²) >= 11 is 0. The second-order valence-corrected chi connectivity index (χ2v) is 5.21. The fourth-order valence-electron chi connectivity index (χ4n) is 2.07. The monoisotopic (exact) mass is 217 g/mol. The van der Waals surface area contributed by atoms with E-state index < -0.39 is 15.8 Å². The first kappa shape index (κ1) is 8.68. The number of rotatable bonds is 1. The lowest BCUT2D eigenvalue weighted by Gasteiger charge is -1.95. The molecule has 0 radical (unpaired) electrons. The van der Waals surface area contributed by atoms with Crippen LogP contribution in [0.2, 0.25) is 0 Å². The highest BCUT2D eigenvalue weighted by atomic mass is 32.2. The lowest BCUT2D eigenvalue weighted by atomic mass is 10.1. The Morgan fingerprint density at radius 2 is 1.93 bits per heavy atom. The average molecular weight is 217 g/mol. The zero-order valence-corrected chi connectivity index (χ0v) is 8.75. The third kappa shape index (κ3) is 1.20. The van der Waals surface area contributed by atoms with Gasteiger partial charge in [-0.25, -0.2) is 0 Å². The second kappa shape index (κ2) is 2.94. The van der Waals surface area contributed by atoms with E-state index in [1.807, 2.05) is 22.9 Å². The molecule has 3 rings (SSSR count). The topological polar surface area (TPSA) is 37.3 Å². The van der Waals surface area contributed by atoms with Crippen molar-refractivity contribution in [2.75, 3.05) is 0 Å². The van der Waals surface area contributed by atoms with Crippen molar-refractivity contribution in [3.63, 3.8) is 0 Å². The quantitative estimate of drug-likeness (QED) is 0.633. The smallest absolute Gasteiger partial charge is 0.437 e. The van der Waals surface area contributed by atoms with Gasteiger partial charge in [-0.15, -0.1) is 0 Å². The predicted octanol–water partition coefficient (Wildman–Crippen LogP) is 3.53. The maximum atomic E-state index is 10.9. The van der Waals surface area contributed by atoms with Crippen LogP contribution in [0.25, 0.3) is 11.1 Å². The van der Waals surface area contributed by atoms with Gasteiger partial charge in [-0.1, -0.05) is 24.3 Å². The van der Waals surface area contributed by atoms with E-state index in [0.717, 1.165) is 12.0 Å². The van der Waals surface area contributed by atoms with E-state index >= 15 is 0 Å². The minimum Gasteiger partial charge on any atom is -0.437 e. The molecule has 0 bridgehead atoms. The van der Waals surface area contributed by atoms with Crippen molar-refractivity contribution in [2.45, 2.75) is 6.42 Å². The second-order valence-electron chi connectivity index (χ2n) is 3.65. The van der Waals surface area contributed by atoms with Crippen LogP contribution >= 0.6 is 10.5 Å². The Morgan fingerprint density at radius 3 is 2.73 bits per heavy atom. The standard InChI is InChI=1S/C12H8O2S/c13-12(14)15-6-9-5-8-3-1-2-4-10(8)11(9)7-15/h1-4,6-7H,5H2/p+1. The van der Waals surface area contributed by atoms with Crippen LogP contribution < -0.4 is 0 Å². The van der Waals surface area contributed by atoms with E-state index in [9.17, 15) is 4.79 Å². The molecule has 1 aliphatic rings. The van der Waals surface area contributed by atoms with Gasteiger partial charge in [0.2, 0.25) is 0 Å². The molecule has 0 saturated heterocycles. The van der Waals surface area contributed by atoms with E-state index in [2.05, 4.69) is 12.1 Å². The van der Waals surface area contributed by atoms with Gasteiger partial charge < -0.3 is 5.11 Å². The van der Waals surface area contributed by atoms with Crippen molar-refractivity contribution in [2.24, 2.45) is 0 Å². The lowest BCUT2D eigenvalue weighted by Crippen LogP contribution is -1.82. The maximum absolute atomic E-state index is 10.9. The number of benzene rings is 1. The Labute approximate surface area is 89.8 Å². The van der Waals surface area contributed by atoms with Crippen molar-refractivity contribution in [3.05, 3.63) is 46.2 Å². The van der Waals surface area contributed by atoms with Crippen molar-refractivity contribution < 1.29 is 9.90 Å². The normalized spacial score (nSPS) is 13.5. The molecule has 1 aromatic carbocycles. The number of carboxylic acid groups (broad SMARTS) is 1. The van der Waals surface area contributed by atoms with Gasteiger partial charge in [0, 0.05) is 17.5 Å². The van der Waals surface area contributed by atoms with E-state index in [1.165, 1.54) is 16.7 Å². The van der Waals surface area contributed by atoms with Crippen molar-refractivity contribution in [1.29, 1.82) is 0 Å². The van der Waals surface area contributed by atoms with Crippen LogP contribution in [0.15, 0.2) is 35.0 Å². The molecule has 2 nitrogen and oxygen atoms in total. The summed E-state index contributed by atoms with van der Waals surface area (Å²) < 4.78 is 0. The largest absolute Gasteiger partial charge is 0.551 e. The maximum Gasteiger partial charge on any atom is 0.551 e. The van der Waals surface area contributed by atoms with Crippen LogP contribution in [0.3, 0.4) is 0 Å². The average Bonchev–Trinajstić information content (AvgIpc) is 2.73. The van der Waals surface area contributed by atoms with Crippen molar-refractivity contribution in [3.8, 4) is 11.1 Å². The van der Waals surface area contributed by atoms with E-state index in [-0.39, 0.29) is 0 Å². The van der Waals surface area contributed by atoms with Gasteiger partial charge in [0.1, 0.15) is 0 Å². The van der Waals surface area contributed by atoms with Crippen LogP contribution in [0, 0.1) is 0 Å². The number of hydrogen-bond acceptors (Lipinski definition) is 1. The minimum atomic E-state index is -0.734. The first-order chi connectivity index (χ1) is 7.25. The van der Waals surface area contributed by atoms with E-state index in [0.29, 0.717) is 0 Å². The van der Waals surface area contributed by atoms with Crippen LogP contribution in [0.1, 0.15) is 11.1 Å². The molecule has 1 N–H and O–H groups in total. The third-order valence-corrected chi connectivity index (χ3v) is 4.18. The molecule has 1 heterocycles. The van der Waals surface area contributed by atoms with Gasteiger partial charge in [-0.2, -0.15) is 4.79 Å². The molecule has 1 unspecified atom stereocenters. The van der Waals surface area contributed by atoms with Crippen LogP contribution in [0.4, 0.5) is 4.79 Å². The summed E-state index contributed by atoms with van der Waals surface area (Å²) in [4.78, 5) is 10.9. The highest BCUT2D eigenvalue weighted by Crippen LogP contribution is 2.42. The molecular weight excluding hydrogens is 208 g/mol. The van der Waals surface area contributed by atoms with Crippen molar-refractivity contribution in [1.82, 2.24) is 0 Å². The molecule has 1 aliphatic carbocycles. The van der Waals surface area contributed by atoms with Gasteiger partial charge in [-0.05, 0) is 11.1 Å². The Morgan fingerprint density at radius 1 is 1.13 bits per heavy atom. The van der Waals surface area contributed by atoms with Gasteiger partial charge in [0.25, 0.3) is 0 Å². The summed E-state index contributed by atoms with van der Waals surface area (Å²) in [6, 6.07) is 8.20. The summed E-state index contributed by atoms with van der Waals surface area (Å²) in [7, 11) is -0.702. The van der Waals surface area contributed by atoms with Gasteiger partial charge in [0.05, 0.1) is 10.5 Å². The first-order valence-electron chi connectivity index (χ1n) is 4.72. The van der Waals surface area contributed by atoms with Crippen LogP contribution in [-0.4, -0.2) is 10.4 Å². The molecule has 0 aliphatic heterocycles. The molecule has 74 valence electrons. The summed E-state index contributed by atoms with van der Waals surface area (Å²) in [5, 5.41) is 12.0. The number of carbonyl (C=O) groups is 1. The van der Waals surface area contributed by atoms with Gasteiger partial charge in [-0.3, -0.25) is 0 Å². The Balaban J connectivity index is 2.19. The fraction of sp³-hybridized carbons (Fsp3) is 0.0833. The third-order valence-electron chi connectivity index (χ3n) is 2.75. The van der Waals surface area contributed by atoms with Gasteiger partial charge >= 0.3 is 5.30 Å². The molecule has 0 saturated carbocycles. The minimum absolute atomic E-state index is 0.702. The van der Waals surface area contributed by atoms with Crippen LogP contribution in [0.5, 0.6) is 0 Å². The van der Waals surface area contributed by atoms with E-state index in [1.54, 1.807) is 0 Å². The molecule has 2 aromatic rings. The Hall–Kier alpha value is -1.61. The number of fused-ring (bicyclic) bond motifs is 3. The summed E-state index contributed by atoms with van der Waals surface area (Å²) in [5.74, 6) is 0. The zero-order valence-electron chi connectivity index (χ0n) is 7.93. The fourth-order valence-corrected chi connectivity index (χ4v) is 3.39. The molecule has 0 amide bonds. The van der Waals surface area contributed by atoms with E-state index in [4.69, 9.17) is 5.11 Å². The highest BCUT2D eigenvalue weighted by molar-refractivity contribution is 7.48. The molecule has 0 fully saturated rings. The van der Waals surface area contributed by atoms with Gasteiger partial charge in [0.15, 0.2) is 10.8 Å². The predicted molar refractivity (Wildman–Crippen MR) is 60.6 cm³/mol. The lowest BCUT2D eigenvalue weighted by molar-refractivity contribution is 0.221. The SMILES string of the molecule is O=C(O)[s+]1cc2c(c1)-c1ccccc1C2. The Bertz CT molecular complexity index is 554. The molecular formula is C12H9O2S+. The molecule has 3 heteroatoms. The summed E-state index contributed by atoms with van der Waals surface area (Å²) in [6.45, 7) is 0.